The first kappa shape index (κ1) is 10.7. The molecular weight excluding hydrogens is 207 g/mol. The highest BCUT2D eigenvalue weighted by molar-refractivity contribution is 5.83. The number of carbonyl (C=O) groups excluding carboxylic acids is 1. The second-order valence-corrected chi connectivity index (χ2v) is 3.59. The fourth-order valence-corrected chi connectivity index (χ4v) is 1.72. The minimum absolute atomic E-state index is 0.463. The van der Waals surface area contributed by atoms with Gasteiger partial charge < -0.3 is 10.3 Å². The maximum Gasteiger partial charge on any atom is 0.251 e. The van der Waals surface area contributed by atoms with Gasteiger partial charge in [0.2, 0.25) is 0 Å². The van der Waals surface area contributed by atoms with Gasteiger partial charge in [0.1, 0.15) is 0 Å². The standard InChI is InChI=1S/C12H13FN2O/c13-7-12(16)14-6-5-9-8-15-11-4-2-1-3-10(9)11/h1-4,8,15H,5-7H2,(H,14,16). The van der Waals surface area contributed by atoms with Crippen LogP contribution in [0.15, 0.2) is 30.5 Å². The van der Waals surface area contributed by atoms with Gasteiger partial charge in [0.25, 0.3) is 5.91 Å². The molecule has 0 spiro atoms. The zero-order valence-electron chi connectivity index (χ0n) is 8.79. The molecule has 0 fully saturated rings. The summed E-state index contributed by atoms with van der Waals surface area (Å²) in [5.41, 5.74) is 2.21. The molecule has 0 aliphatic heterocycles. The zero-order valence-corrected chi connectivity index (χ0v) is 8.79. The number of aromatic amines is 1. The number of amides is 1. The fraction of sp³-hybridized carbons (Fsp3) is 0.250. The van der Waals surface area contributed by atoms with Gasteiger partial charge in [-0.2, -0.15) is 0 Å². The molecule has 84 valence electrons. The summed E-state index contributed by atoms with van der Waals surface area (Å²) in [5.74, 6) is -0.556. The molecule has 2 rings (SSSR count). The Labute approximate surface area is 92.7 Å². The molecule has 1 heterocycles. The number of hydrogen-bond acceptors (Lipinski definition) is 1. The molecule has 0 aliphatic carbocycles. The van der Waals surface area contributed by atoms with Crippen LogP contribution in [0.5, 0.6) is 0 Å². The van der Waals surface area contributed by atoms with E-state index in [0.717, 1.165) is 16.5 Å². The lowest BCUT2D eigenvalue weighted by molar-refractivity contribution is -0.121. The maximum absolute atomic E-state index is 11.9. The summed E-state index contributed by atoms with van der Waals surface area (Å²) in [5, 5.41) is 3.66. The van der Waals surface area contributed by atoms with Crippen LogP contribution in [0, 0.1) is 0 Å². The van der Waals surface area contributed by atoms with E-state index in [-0.39, 0.29) is 0 Å². The highest BCUT2D eigenvalue weighted by atomic mass is 19.1. The van der Waals surface area contributed by atoms with E-state index in [2.05, 4.69) is 10.3 Å². The van der Waals surface area contributed by atoms with Crippen LogP contribution < -0.4 is 5.32 Å². The number of aromatic nitrogens is 1. The summed E-state index contributed by atoms with van der Waals surface area (Å²) in [6.45, 7) is -0.488. The Bertz CT molecular complexity index is 492. The van der Waals surface area contributed by atoms with Crippen molar-refractivity contribution in [1.29, 1.82) is 0 Å². The average Bonchev–Trinajstić information content (AvgIpc) is 2.73. The summed E-state index contributed by atoms with van der Waals surface area (Å²) < 4.78 is 11.9. The van der Waals surface area contributed by atoms with E-state index in [9.17, 15) is 9.18 Å². The molecule has 0 saturated heterocycles. The van der Waals surface area contributed by atoms with Gasteiger partial charge in [0.05, 0.1) is 0 Å². The van der Waals surface area contributed by atoms with E-state index in [0.29, 0.717) is 13.0 Å². The number of alkyl halides is 1. The number of benzene rings is 1. The van der Waals surface area contributed by atoms with E-state index in [1.165, 1.54) is 0 Å². The predicted molar refractivity (Wildman–Crippen MR) is 61.0 cm³/mol. The molecule has 1 aromatic heterocycles. The highest BCUT2D eigenvalue weighted by Crippen LogP contribution is 2.17. The van der Waals surface area contributed by atoms with E-state index in [4.69, 9.17) is 0 Å². The SMILES string of the molecule is O=C(CF)NCCc1c[nH]c2ccccc12. The molecule has 0 atom stereocenters. The minimum Gasteiger partial charge on any atom is -0.361 e. The smallest absolute Gasteiger partial charge is 0.251 e. The van der Waals surface area contributed by atoms with Crippen LogP contribution in [-0.2, 0) is 11.2 Å². The van der Waals surface area contributed by atoms with Crippen molar-refractivity contribution in [3.8, 4) is 0 Å². The van der Waals surface area contributed by atoms with Crippen LogP contribution in [0.2, 0.25) is 0 Å². The molecule has 0 unspecified atom stereocenters. The third kappa shape index (κ3) is 2.21. The zero-order chi connectivity index (χ0) is 11.4. The Morgan fingerprint density at radius 1 is 1.38 bits per heavy atom. The summed E-state index contributed by atoms with van der Waals surface area (Å²) in [6, 6.07) is 7.96. The van der Waals surface area contributed by atoms with Crippen LogP contribution in [-0.4, -0.2) is 24.1 Å². The lowest BCUT2D eigenvalue weighted by Gasteiger charge is -2.01. The predicted octanol–water partition coefficient (Wildman–Crippen LogP) is 1.80. The molecule has 2 N–H and O–H groups in total. The van der Waals surface area contributed by atoms with Gasteiger partial charge in [-0.25, -0.2) is 4.39 Å². The summed E-state index contributed by atoms with van der Waals surface area (Å²) >= 11 is 0. The molecule has 2 aromatic rings. The van der Waals surface area contributed by atoms with Gasteiger partial charge in [-0.05, 0) is 18.1 Å². The molecule has 0 aliphatic rings. The number of rotatable bonds is 4. The van der Waals surface area contributed by atoms with E-state index in [1.54, 1.807) is 0 Å². The minimum atomic E-state index is -0.951. The van der Waals surface area contributed by atoms with Crippen molar-refractivity contribution in [1.82, 2.24) is 10.3 Å². The van der Waals surface area contributed by atoms with Crippen LogP contribution >= 0.6 is 0 Å². The Morgan fingerprint density at radius 3 is 3.00 bits per heavy atom. The van der Waals surface area contributed by atoms with Crippen LogP contribution in [0.25, 0.3) is 10.9 Å². The molecule has 3 nitrogen and oxygen atoms in total. The molecule has 1 amide bonds. The highest BCUT2D eigenvalue weighted by Gasteiger charge is 2.03. The van der Waals surface area contributed by atoms with Crippen molar-refractivity contribution < 1.29 is 9.18 Å². The second kappa shape index (κ2) is 4.79. The first-order chi connectivity index (χ1) is 7.81. The second-order valence-electron chi connectivity index (χ2n) is 3.59. The molecule has 16 heavy (non-hydrogen) atoms. The fourth-order valence-electron chi connectivity index (χ4n) is 1.72. The van der Waals surface area contributed by atoms with Crippen LogP contribution in [0.1, 0.15) is 5.56 Å². The van der Waals surface area contributed by atoms with Crippen molar-refractivity contribution in [3.63, 3.8) is 0 Å². The van der Waals surface area contributed by atoms with E-state index < -0.39 is 12.6 Å². The van der Waals surface area contributed by atoms with E-state index in [1.807, 2.05) is 30.5 Å². The first-order valence-electron chi connectivity index (χ1n) is 5.19. The van der Waals surface area contributed by atoms with Gasteiger partial charge in [0, 0.05) is 23.6 Å². The monoisotopic (exact) mass is 220 g/mol. The summed E-state index contributed by atoms with van der Waals surface area (Å²) in [4.78, 5) is 13.9. The normalized spacial score (nSPS) is 10.6. The molecule has 0 radical (unpaired) electrons. The topological polar surface area (TPSA) is 44.9 Å². The van der Waals surface area contributed by atoms with Gasteiger partial charge >= 0.3 is 0 Å². The quantitative estimate of drug-likeness (QED) is 0.810. The largest absolute Gasteiger partial charge is 0.361 e. The first-order valence-corrected chi connectivity index (χ1v) is 5.19. The Kier molecular flexibility index (Phi) is 3.19. The summed E-state index contributed by atoms with van der Waals surface area (Å²) in [7, 11) is 0. The molecule has 4 heteroatoms. The van der Waals surface area contributed by atoms with Crippen molar-refractivity contribution in [2.75, 3.05) is 13.2 Å². The Balaban J connectivity index is 2.02. The lowest BCUT2D eigenvalue weighted by atomic mass is 10.1. The van der Waals surface area contributed by atoms with Gasteiger partial charge in [-0.3, -0.25) is 4.79 Å². The third-order valence-corrected chi connectivity index (χ3v) is 2.51. The van der Waals surface area contributed by atoms with Gasteiger partial charge in [0.15, 0.2) is 6.67 Å². The van der Waals surface area contributed by atoms with Crippen LogP contribution in [0.3, 0.4) is 0 Å². The van der Waals surface area contributed by atoms with Gasteiger partial charge in [-0.1, -0.05) is 18.2 Å². The molecule has 0 saturated carbocycles. The number of H-pyrrole nitrogens is 1. The molecular formula is C12H13FN2O. The Hall–Kier alpha value is -1.84. The lowest BCUT2D eigenvalue weighted by Crippen LogP contribution is -2.26. The number of nitrogens with one attached hydrogen (secondary N) is 2. The number of carbonyl (C=O) groups is 1. The maximum atomic E-state index is 11.9. The van der Waals surface area contributed by atoms with Crippen molar-refractivity contribution >= 4 is 16.8 Å². The van der Waals surface area contributed by atoms with E-state index >= 15 is 0 Å². The van der Waals surface area contributed by atoms with Crippen LogP contribution in [0.4, 0.5) is 4.39 Å². The number of hydrogen-bond donors (Lipinski definition) is 2. The molecule has 0 bridgehead atoms. The number of fused-ring (bicyclic) bond motifs is 1. The van der Waals surface area contributed by atoms with Crippen molar-refractivity contribution in [2.45, 2.75) is 6.42 Å². The van der Waals surface area contributed by atoms with Gasteiger partial charge in [-0.15, -0.1) is 0 Å². The van der Waals surface area contributed by atoms with Crippen molar-refractivity contribution in [2.24, 2.45) is 0 Å². The molecule has 1 aromatic carbocycles. The summed E-state index contributed by atoms with van der Waals surface area (Å²) in [6.07, 6.45) is 2.63. The third-order valence-electron chi connectivity index (χ3n) is 2.51. The number of para-hydroxylation sites is 1. The average molecular weight is 220 g/mol. The van der Waals surface area contributed by atoms with Crippen molar-refractivity contribution in [3.05, 3.63) is 36.0 Å². The number of halogens is 1. The Morgan fingerprint density at radius 2 is 2.19 bits per heavy atom.